The van der Waals surface area contributed by atoms with Crippen LogP contribution in [0.5, 0.6) is 5.75 Å². The number of ether oxygens (including phenoxy) is 1. The summed E-state index contributed by atoms with van der Waals surface area (Å²) in [6.45, 7) is 1.41. The first-order chi connectivity index (χ1) is 7.72. The van der Waals surface area contributed by atoms with Gasteiger partial charge in [0.2, 0.25) is 0 Å². The number of halogens is 1. The van der Waals surface area contributed by atoms with E-state index in [2.05, 4.69) is 0 Å². The summed E-state index contributed by atoms with van der Waals surface area (Å²) in [5.41, 5.74) is 0.472. The average Bonchev–Trinajstić information content (AvgIpc) is 2.70. The molecule has 4 heteroatoms. The summed E-state index contributed by atoms with van der Waals surface area (Å²) < 4.78 is 18.8. The van der Waals surface area contributed by atoms with E-state index in [1.54, 1.807) is 7.11 Å². The molecule has 3 nitrogen and oxygen atoms in total. The van der Waals surface area contributed by atoms with E-state index in [1.165, 1.54) is 18.2 Å². The molecule has 1 aliphatic rings. The molecule has 1 saturated heterocycles. The molecular formula is C12H16FNO2. The number of phenols is 1. The van der Waals surface area contributed by atoms with E-state index in [0.717, 1.165) is 19.4 Å². The second-order valence-corrected chi connectivity index (χ2v) is 4.08. The highest BCUT2D eigenvalue weighted by atomic mass is 19.1. The van der Waals surface area contributed by atoms with Crippen molar-refractivity contribution in [1.82, 2.24) is 0 Å². The molecular weight excluding hydrogens is 209 g/mol. The second-order valence-electron chi connectivity index (χ2n) is 4.08. The number of hydrogen-bond acceptors (Lipinski definition) is 3. The lowest BCUT2D eigenvalue weighted by Gasteiger charge is -2.26. The summed E-state index contributed by atoms with van der Waals surface area (Å²) >= 11 is 0. The first-order valence-corrected chi connectivity index (χ1v) is 5.46. The molecule has 0 saturated carbocycles. The Morgan fingerprint density at radius 3 is 3.12 bits per heavy atom. The van der Waals surface area contributed by atoms with E-state index in [9.17, 15) is 9.50 Å². The molecule has 0 bridgehead atoms. The molecule has 1 aromatic carbocycles. The lowest BCUT2D eigenvalue weighted by molar-refractivity contribution is 0.180. The minimum atomic E-state index is -0.291. The molecule has 0 amide bonds. The van der Waals surface area contributed by atoms with Gasteiger partial charge in [0.15, 0.2) is 0 Å². The van der Waals surface area contributed by atoms with E-state index >= 15 is 0 Å². The van der Waals surface area contributed by atoms with Crippen LogP contribution < -0.4 is 4.90 Å². The van der Waals surface area contributed by atoms with Gasteiger partial charge in [0, 0.05) is 19.7 Å². The Labute approximate surface area is 94.4 Å². The molecule has 88 valence electrons. The van der Waals surface area contributed by atoms with Gasteiger partial charge in [-0.25, -0.2) is 4.39 Å². The van der Waals surface area contributed by atoms with E-state index in [-0.39, 0.29) is 17.6 Å². The molecule has 1 heterocycles. The maximum Gasteiger partial charge on any atom is 0.146 e. The highest BCUT2D eigenvalue weighted by molar-refractivity contribution is 5.53. The molecule has 1 N–H and O–H groups in total. The number of hydrogen-bond donors (Lipinski definition) is 1. The van der Waals surface area contributed by atoms with Gasteiger partial charge in [-0.2, -0.15) is 0 Å². The highest BCUT2D eigenvalue weighted by Crippen LogP contribution is 2.30. The van der Waals surface area contributed by atoms with Crippen LogP contribution >= 0.6 is 0 Å². The Kier molecular flexibility index (Phi) is 3.29. The molecule has 1 aliphatic heterocycles. The fraction of sp³-hybridized carbons (Fsp3) is 0.500. The number of aromatic hydroxyl groups is 1. The van der Waals surface area contributed by atoms with E-state index < -0.39 is 0 Å². The normalized spacial score (nSPS) is 20.4. The van der Waals surface area contributed by atoms with Gasteiger partial charge in [0.25, 0.3) is 0 Å². The molecule has 0 aromatic heterocycles. The second kappa shape index (κ2) is 4.70. The van der Waals surface area contributed by atoms with Gasteiger partial charge in [-0.05, 0) is 25.0 Å². The van der Waals surface area contributed by atoms with Crippen molar-refractivity contribution < 1.29 is 14.2 Å². The van der Waals surface area contributed by atoms with Gasteiger partial charge in [0.1, 0.15) is 11.6 Å². The lowest BCUT2D eigenvalue weighted by Crippen LogP contribution is -2.33. The van der Waals surface area contributed by atoms with Crippen LogP contribution in [0.4, 0.5) is 10.1 Å². The standard InChI is InChI=1S/C12H16FNO2/c1-16-8-9-3-2-6-14(9)12-7-10(15)4-5-11(12)13/h4-5,7,9,15H,2-3,6,8H2,1H3. The van der Waals surface area contributed by atoms with Crippen LogP contribution in [0, 0.1) is 5.82 Å². The molecule has 0 spiro atoms. The topological polar surface area (TPSA) is 32.7 Å². The molecule has 0 aliphatic carbocycles. The van der Waals surface area contributed by atoms with Crippen molar-refractivity contribution in [2.24, 2.45) is 0 Å². The average molecular weight is 225 g/mol. The number of rotatable bonds is 3. The van der Waals surface area contributed by atoms with Crippen molar-refractivity contribution in [3.05, 3.63) is 24.0 Å². The van der Waals surface area contributed by atoms with Crippen molar-refractivity contribution in [2.45, 2.75) is 18.9 Å². The van der Waals surface area contributed by atoms with Gasteiger partial charge in [-0.1, -0.05) is 0 Å². The highest BCUT2D eigenvalue weighted by Gasteiger charge is 2.26. The van der Waals surface area contributed by atoms with Gasteiger partial charge in [-0.3, -0.25) is 0 Å². The van der Waals surface area contributed by atoms with Crippen molar-refractivity contribution in [1.29, 1.82) is 0 Å². The number of nitrogens with zero attached hydrogens (tertiary/aromatic N) is 1. The zero-order valence-electron chi connectivity index (χ0n) is 9.32. The third-order valence-electron chi connectivity index (χ3n) is 2.98. The predicted octanol–water partition coefficient (Wildman–Crippen LogP) is 2.15. The molecule has 1 atom stereocenters. The smallest absolute Gasteiger partial charge is 0.146 e. The van der Waals surface area contributed by atoms with E-state index in [4.69, 9.17) is 4.74 Å². The molecule has 1 unspecified atom stereocenters. The Morgan fingerprint density at radius 1 is 1.56 bits per heavy atom. The van der Waals surface area contributed by atoms with Crippen molar-refractivity contribution in [3.8, 4) is 5.75 Å². The van der Waals surface area contributed by atoms with Crippen LogP contribution in [0.2, 0.25) is 0 Å². The summed E-state index contributed by atoms with van der Waals surface area (Å²) in [6.07, 6.45) is 2.03. The fourth-order valence-corrected chi connectivity index (χ4v) is 2.24. The molecule has 0 radical (unpaired) electrons. The predicted molar refractivity (Wildman–Crippen MR) is 60.3 cm³/mol. The first kappa shape index (κ1) is 11.2. The number of methoxy groups -OCH3 is 1. The lowest BCUT2D eigenvalue weighted by atomic mass is 10.2. The monoisotopic (exact) mass is 225 g/mol. The Balaban J connectivity index is 2.25. The Hall–Kier alpha value is -1.29. The van der Waals surface area contributed by atoms with E-state index in [0.29, 0.717) is 12.3 Å². The van der Waals surface area contributed by atoms with Crippen molar-refractivity contribution >= 4 is 5.69 Å². The zero-order chi connectivity index (χ0) is 11.5. The summed E-state index contributed by atoms with van der Waals surface area (Å²) in [5, 5.41) is 9.39. The molecule has 16 heavy (non-hydrogen) atoms. The van der Waals surface area contributed by atoms with Crippen LogP contribution in [0.15, 0.2) is 18.2 Å². The van der Waals surface area contributed by atoms with Crippen LogP contribution in [0.1, 0.15) is 12.8 Å². The van der Waals surface area contributed by atoms with Crippen molar-refractivity contribution in [2.75, 3.05) is 25.2 Å². The van der Waals surface area contributed by atoms with Gasteiger partial charge < -0.3 is 14.7 Å². The molecule has 1 aromatic rings. The SMILES string of the molecule is COCC1CCCN1c1cc(O)ccc1F. The zero-order valence-corrected chi connectivity index (χ0v) is 9.32. The van der Waals surface area contributed by atoms with Gasteiger partial charge in [0.05, 0.1) is 18.3 Å². The number of phenolic OH excluding ortho intramolecular Hbond substituents is 1. The summed E-state index contributed by atoms with van der Waals surface area (Å²) in [6, 6.07) is 4.34. The number of anilines is 1. The van der Waals surface area contributed by atoms with Gasteiger partial charge >= 0.3 is 0 Å². The van der Waals surface area contributed by atoms with Gasteiger partial charge in [-0.15, -0.1) is 0 Å². The fourth-order valence-electron chi connectivity index (χ4n) is 2.24. The summed E-state index contributed by atoms with van der Waals surface area (Å²) in [5.74, 6) is -0.194. The summed E-state index contributed by atoms with van der Waals surface area (Å²) in [7, 11) is 1.65. The molecule has 2 rings (SSSR count). The van der Waals surface area contributed by atoms with Crippen LogP contribution in [-0.4, -0.2) is 31.4 Å². The molecule has 1 fully saturated rings. The largest absolute Gasteiger partial charge is 0.508 e. The maximum absolute atomic E-state index is 13.6. The third-order valence-corrected chi connectivity index (χ3v) is 2.98. The van der Waals surface area contributed by atoms with Crippen LogP contribution in [0.3, 0.4) is 0 Å². The van der Waals surface area contributed by atoms with Crippen LogP contribution in [-0.2, 0) is 4.74 Å². The van der Waals surface area contributed by atoms with E-state index in [1.807, 2.05) is 4.90 Å². The first-order valence-electron chi connectivity index (χ1n) is 5.46. The minimum Gasteiger partial charge on any atom is -0.508 e. The third kappa shape index (κ3) is 2.11. The Morgan fingerprint density at radius 2 is 2.38 bits per heavy atom. The minimum absolute atomic E-state index is 0.0967. The van der Waals surface area contributed by atoms with Crippen molar-refractivity contribution in [3.63, 3.8) is 0 Å². The Bertz CT molecular complexity index is 370. The summed E-state index contributed by atoms with van der Waals surface area (Å²) in [4.78, 5) is 1.97. The maximum atomic E-state index is 13.6. The quantitative estimate of drug-likeness (QED) is 0.855. The number of benzene rings is 1. The van der Waals surface area contributed by atoms with Crippen LogP contribution in [0.25, 0.3) is 0 Å².